The number of imide groups is 3. The molecule has 0 spiro atoms. The van der Waals surface area contributed by atoms with Crippen LogP contribution in [0.4, 0.5) is 4.79 Å². The number of hydrogen-bond acceptors (Lipinski definition) is 6. The van der Waals surface area contributed by atoms with Crippen molar-refractivity contribution in [3.63, 3.8) is 0 Å². The molecule has 1 fully saturated rings. The Morgan fingerprint density at radius 2 is 1.58 bits per heavy atom. The van der Waals surface area contributed by atoms with Crippen LogP contribution in [0, 0.1) is 5.41 Å². The van der Waals surface area contributed by atoms with Gasteiger partial charge in [0.05, 0.1) is 5.41 Å². The summed E-state index contributed by atoms with van der Waals surface area (Å²) in [4.78, 5) is 46.1. The molecular formula is C12H17NO6. The van der Waals surface area contributed by atoms with Gasteiger partial charge in [0.25, 0.3) is 0 Å². The third-order valence-electron chi connectivity index (χ3n) is 2.39. The Bertz CT molecular complexity index is 406. The van der Waals surface area contributed by atoms with Crippen LogP contribution in [0.5, 0.6) is 0 Å². The number of carbonyl (C=O) groups excluding carboxylic acids is 4. The number of carbonyl (C=O) groups is 4. The number of rotatable bonds is 2. The predicted octanol–water partition coefficient (Wildman–Crippen LogP) is 1.21. The highest BCUT2D eigenvalue weighted by molar-refractivity contribution is 6.13. The third-order valence-corrected chi connectivity index (χ3v) is 2.39. The first-order valence-corrected chi connectivity index (χ1v) is 5.90. The van der Waals surface area contributed by atoms with Gasteiger partial charge in [-0.15, -0.1) is 0 Å². The zero-order valence-electron chi connectivity index (χ0n) is 11.4. The molecule has 0 aliphatic carbocycles. The first-order valence-electron chi connectivity index (χ1n) is 5.90. The molecule has 0 bridgehead atoms. The Kier molecular flexibility index (Phi) is 4.28. The summed E-state index contributed by atoms with van der Waals surface area (Å²) in [6.45, 7) is 6.29. The number of nitrogens with zero attached hydrogens (tertiary/aromatic N) is 1. The normalized spacial score (nSPS) is 17.4. The van der Waals surface area contributed by atoms with Gasteiger partial charge in [0.15, 0.2) is 0 Å². The van der Waals surface area contributed by atoms with Gasteiger partial charge in [0.1, 0.15) is 0 Å². The zero-order valence-corrected chi connectivity index (χ0v) is 11.4. The van der Waals surface area contributed by atoms with Crippen LogP contribution in [0.2, 0.25) is 0 Å². The predicted molar refractivity (Wildman–Crippen MR) is 62.6 cm³/mol. The standard InChI is InChI=1S/C12H17NO6/c1-7(18-10(16)12(2,3)4)19-11(17)13-8(14)5-6-9(13)15/h7H,5-6H2,1-4H3. The molecule has 0 radical (unpaired) electrons. The summed E-state index contributed by atoms with van der Waals surface area (Å²) in [6, 6.07) is 0. The van der Waals surface area contributed by atoms with Crippen molar-refractivity contribution in [1.29, 1.82) is 0 Å². The molecule has 7 nitrogen and oxygen atoms in total. The average Bonchev–Trinajstić information content (AvgIpc) is 2.56. The maximum absolute atomic E-state index is 11.6. The van der Waals surface area contributed by atoms with Gasteiger partial charge in [-0.3, -0.25) is 14.4 Å². The summed E-state index contributed by atoms with van der Waals surface area (Å²) in [6.07, 6.45) is -2.30. The molecule has 0 saturated carbocycles. The molecule has 1 aliphatic heterocycles. The van der Waals surface area contributed by atoms with Gasteiger partial charge in [-0.1, -0.05) is 0 Å². The van der Waals surface area contributed by atoms with Crippen molar-refractivity contribution in [2.24, 2.45) is 5.41 Å². The second-order valence-electron chi connectivity index (χ2n) is 5.23. The molecule has 1 aliphatic rings. The molecule has 106 valence electrons. The monoisotopic (exact) mass is 271 g/mol. The van der Waals surface area contributed by atoms with Crippen molar-refractivity contribution < 1.29 is 28.7 Å². The number of hydrogen-bond donors (Lipinski definition) is 0. The molecule has 0 aromatic heterocycles. The Morgan fingerprint density at radius 1 is 1.11 bits per heavy atom. The van der Waals surface area contributed by atoms with Gasteiger partial charge in [-0.2, -0.15) is 4.90 Å². The molecule has 1 atom stereocenters. The third kappa shape index (κ3) is 3.77. The molecule has 7 heteroatoms. The fourth-order valence-corrected chi connectivity index (χ4v) is 1.33. The minimum absolute atomic E-state index is 0.00983. The van der Waals surface area contributed by atoms with Crippen LogP contribution in [0.15, 0.2) is 0 Å². The van der Waals surface area contributed by atoms with Crippen LogP contribution in [-0.2, 0) is 23.9 Å². The van der Waals surface area contributed by atoms with E-state index in [-0.39, 0.29) is 12.8 Å². The van der Waals surface area contributed by atoms with Crippen LogP contribution in [-0.4, -0.2) is 35.1 Å². The summed E-state index contributed by atoms with van der Waals surface area (Å²) >= 11 is 0. The van der Waals surface area contributed by atoms with Crippen molar-refractivity contribution in [1.82, 2.24) is 4.90 Å². The van der Waals surface area contributed by atoms with Gasteiger partial charge < -0.3 is 9.47 Å². The summed E-state index contributed by atoms with van der Waals surface area (Å²) in [7, 11) is 0. The van der Waals surface area contributed by atoms with Crippen LogP contribution < -0.4 is 0 Å². The van der Waals surface area contributed by atoms with Gasteiger partial charge in [-0.05, 0) is 20.8 Å². The maximum atomic E-state index is 11.6. The molecule has 0 aromatic rings. The van der Waals surface area contributed by atoms with E-state index in [1.54, 1.807) is 20.8 Å². The van der Waals surface area contributed by atoms with Crippen molar-refractivity contribution in [2.75, 3.05) is 0 Å². The largest absolute Gasteiger partial charge is 0.426 e. The highest BCUT2D eigenvalue weighted by Crippen LogP contribution is 2.18. The highest BCUT2D eigenvalue weighted by Gasteiger charge is 2.37. The minimum atomic E-state index is -1.17. The SMILES string of the molecule is CC(OC(=O)N1C(=O)CCC1=O)OC(=O)C(C)(C)C. The Morgan fingerprint density at radius 3 is 2.00 bits per heavy atom. The topological polar surface area (TPSA) is 90.0 Å². The van der Waals surface area contributed by atoms with Crippen molar-refractivity contribution in [2.45, 2.75) is 46.8 Å². The summed E-state index contributed by atoms with van der Waals surface area (Å²) < 4.78 is 9.63. The van der Waals surface area contributed by atoms with Gasteiger partial charge in [-0.25, -0.2) is 4.79 Å². The van der Waals surface area contributed by atoms with E-state index in [1.807, 2.05) is 0 Å². The smallest absolute Gasteiger partial charge is 0.425 e. The van der Waals surface area contributed by atoms with Crippen LogP contribution >= 0.6 is 0 Å². The lowest BCUT2D eigenvalue weighted by molar-refractivity contribution is -0.175. The second-order valence-corrected chi connectivity index (χ2v) is 5.23. The van der Waals surface area contributed by atoms with E-state index in [4.69, 9.17) is 9.47 Å². The summed E-state index contributed by atoms with van der Waals surface area (Å²) in [5, 5.41) is 0. The molecular weight excluding hydrogens is 254 g/mol. The Balaban J connectivity index is 2.55. The number of ether oxygens (including phenoxy) is 2. The number of amides is 3. The van der Waals surface area contributed by atoms with Crippen LogP contribution in [0.1, 0.15) is 40.5 Å². The minimum Gasteiger partial charge on any atom is -0.425 e. The lowest BCUT2D eigenvalue weighted by Gasteiger charge is -2.21. The van der Waals surface area contributed by atoms with Gasteiger partial charge >= 0.3 is 12.1 Å². The van der Waals surface area contributed by atoms with E-state index in [0.717, 1.165) is 0 Å². The lowest BCUT2D eigenvalue weighted by atomic mass is 9.97. The quantitative estimate of drug-likeness (QED) is 0.426. The first kappa shape index (κ1) is 15.1. The van der Waals surface area contributed by atoms with Crippen LogP contribution in [0.25, 0.3) is 0 Å². The van der Waals surface area contributed by atoms with E-state index >= 15 is 0 Å². The van der Waals surface area contributed by atoms with E-state index in [2.05, 4.69) is 0 Å². The number of likely N-dealkylation sites (tertiary alicyclic amines) is 1. The van der Waals surface area contributed by atoms with E-state index < -0.39 is 35.6 Å². The lowest BCUT2D eigenvalue weighted by Crippen LogP contribution is -2.39. The molecule has 3 amide bonds. The van der Waals surface area contributed by atoms with E-state index in [1.165, 1.54) is 6.92 Å². The summed E-state index contributed by atoms with van der Waals surface area (Å²) in [5.74, 6) is -1.76. The molecule has 0 N–H and O–H groups in total. The summed E-state index contributed by atoms with van der Waals surface area (Å²) in [5.41, 5.74) is -0.736. The average molecular weight is 271 g/mol. The van der Waals surface area contributed by atoms with Crippen molar-refractivity contribution in [3.05, 3.63) is 0 Å². The molecule has 1 rings (SSSR count). The zero-order chi connectivity index (χ0) is 14.8. The highest BCUT2D eigenvalue weighted by atomic mass is 16.7. The van der Waals surface area contributed by atoms with Gasteiger partial charge in [0.2, 0.25) is 18.1 Å². The van der Waals surface area contributed by atoms with Crippen molar-refractivity contribution >= 4 is 23.9 Å². The Labute approximate surface area is 110 Å². The molecule has 0 aromatic carbocycles. The maximum Gasteiger partial charge on any atom is 0.426 e. The van der Waals surface area contributed by atoms with E-state index in [9.17, 15) is 19.2 Å². The fourth-order valence-electron chi connectivity index (χ4n) is 1.33. The second kappa shape index (κ2) is 5.38. The van der Waals surface area contributed by atoms with E-state index in [0.29, 0.717) is 4.90 Å². The molecule has 19 heavy (non-hydrogen) atoms. The van der Waals surface area contributed by atoms with Gasteiger partial charge in [0, 0.05) is 19.8 Å². The first-order chi connectivity index (χ1) is 8.62. The van der Waals surface area contributed by atoms with Crippen LogP contribution in [0.3, 0.4) is 0 Å². The number of esters is 1. The molecule has 1 unspecified atom stereocenters. The molecule has 1 heterocycles. The molecule has 1 saturated heterocycles. The Hall–Kier alpha value is -1.92. The van der Waals surface area contributed by atoms with Crippen molar-refractivity contribution in [3.8, 4) is 0 Å². The fraction of sp³-hybridized carbons (Fsp3) is 0.667.